The third-order valence-corrected chi connectivity index (χ3v) is 90.8. The second-order valence-corrected chi connectivity index (χ2v) is 78.7. The van der Waals surface area contributed by atoms with E-state index < -0.39 is 192 Å². The summed E-state index contributed by atoms with van der Waals surface area (Å²) in [4.78, 5) is 0. The molecule has 0 saturated carbocycles. The van der Waals surface area contributed by atoms with Crippen LogP contribution in [-0.2, 0) is 143 Å². The normalized spacial score (nSPS) is 50.1. The van der Waals surface area contributed by atoms with E-state index in [-0.39, 0.29) is 35.7 Å². The molecule has 12 heterocycles. The van der Waals surface area contributed by atoms with Gasteiger partial charge in [0.15, 0.2) is 0 Å². The van der Waals surface area contributed by atoms with Gasteiger partial charge in [0.1, 0.15) is 29.5 Å². The third kappa shape index (κ3) is 15.4. The second kappa shape index (κ2) is 21.4. The van der Waals surface area contributed by atoms with Crippen LogP contribution in [0.15, 0.2) is 0 Å². The predicted molar refractivity (Wildman–Crippen MR) is 306 cm³/mol. The summed E-state index contributed by atoms with van der Waals surface area (Å²) in [5.74, 6) is -1.72. The molecule has 12 rings (SSSR count). The van der Waals surface area contributed by atoms with Crippen LogP contribution in [0.1, 0.15) is 26.7 Å². The molecule has 0 aromatic carbocycles. The van der Waals surface area contributed by atoms with Crippen LogP contribution in [-0.4, -0.2) is 223 Å². The SMILES string of the molecule is CCC[Si]12O[Si]3(C)O[Si]4(C)O[Si](C)(O1)O[Si]1(CCS(C)(=O)=O)O[Si](C)(O[Si](C)(O3)O[Si](CCS(=O)(=O)OC)(O4)O1)O2.CCC[Si]12O[Si]3(C)O[Si]4(C)O[Si](C)(O1)O[Si]1(CCS(C)(=O)=O)O[Si](C)(O[Si](C)(O3)O[Si](CCS(C)(=O)=O)(O4)O1)O2. The van der Waals surface area contributed by atoms with Gasteiger partial charge in [0.05, 0.1) is 30.1 Å². The average Bonchev–Trinajstić information content (AvgIpc) is 1.91. The second-order valence-electron chi connectivity index (χ2n) is 22.0. The Labute approximate surface area is 490 Å². The Morgan fingerprint density at radius 2 is 0.420 bits per heavy atom. The van der Waals surface area contributed by atoms with Gasteiger partial charge < -0.3 is 98.8 Å². The van der Waals surface area contributed by atoms with Crippen molar-refractivity contribution in [3.05, 3.63) is 0 Å². The van der Waals surface area contributed by atoms with E-state index in [0.29, 0.717) is 24.9 Å². The van der Waals surface area contributed by atoms with Gasteiger partial charge in [-0.1, -0.05) is 26.7 Å². The van der Waals surface area contributed by atoms with E-state index in [9.17, 15) is 33.7 Å². The van der Waals surface area contributed by atoms with E-state index in [1.807, 2.05) is 13.8 Å². The molecule has 0 N–H and O–H groups in total. The lowest BCUT2D eigenvalue weighted by Gasteiger charge is -2.61. The lowest BCUT2D eigenvalue weighted by Crippen LogP contribution is -2.87. The zero-order valence-electron chi connectivity index (χ0n) is 47.6. The minimum Gasteiger partial charge on any atom is -0.374 e. The molecule has 12 fully saturated rings. The highest BCUT2D eigenvalue weighted by Gasteiger charge is 2.83. The van der Waals surface area contributed by atoms with Crippen molar-refractivity contribution in [3.63, 3.8) is 0 Å². The Hall–Kier alpha value is 2.27. The lowest BCUT2D eigenvalue weighted by molar-refractivity contribution is -0.0273. The Morgan fingerprint density at radius 1 is 0.259 bits per heavy atom. The van der Waals surface area contributed by atoms with Crippen LogP contribution in [0.2, 0.25) is 102 Å². The van der Waals surface area contributed by atoms with Crippen molar-refractivity contribution in [1.29, 1.82) is 0 Å². The standard InChI is InChI=1S/C14H36O17S2Si8.C14H36O16S2Si8/c1-9-12-39-24-34(4)20-35(5)22-37(7,27-39)29-40(13-10-32(3,15)16)30-38(8,28-39)23-36(6,21-34)26-41(25-35,31-40)14-11-33(17,18)19-2;1-9-12-38-23-33(4)19-34(5)21-36(7,26-38)28-40(14-11-32(3,17)18)29-37(8,27-38)22-35(6,20-33)25-39(24-34,30-40)13-10-31(2,15)16/h9-14H2,1-8H3;9-14H2,1-8H3. The molecule has 33 nitrogen and oxygen atoms in total. The Bertz CT molecular complexity index is 2870. The van der Waals surface area contributed by atoms with E-state index in [1.54, 1.807) is 65.5 Å². The molecule has 0 radical (unpaired) electrons. The van der Waals surface area contributed by atoms with Crippen LogP contribution in [0.5, 0.6) is 0 Å². The third-order valence-electron chi connectivity index (χ3n) is 12.7. The lowest BCUT2D eigenvalue weighted by atomic mass is 10.6. The average molecular weight is 1510 g/mol. The maximum atomic E-state index is 12.5. The van der Waals surface area contributed by atoms with Crippen LogP contribution < -0.4 is 0 Å². The van der Waals surface area contributed by atoms with Gasteiger partial charge in [-0.25, -0.2) is 25.3 Å². The Balaban J connectivity index is 0.000000196. The molecule has 81 heavy (non-hydrogen) atoms. The van der Waals surface area contributed by atoms with Gasteiger partial charge in [0, 0.05) is 121 Å². The molecule has 0 aliphatic carbocycles. The molecule has 12 aliphatic heterocycles. The summed E-state index contributed by atoms with van der Waals surface area (Å²) in [7, 11) is -77.1. The summed E-state index contributed by atoms with van der Waals surface area (Å²) < 4.78 is 263. The number of hydrogen-bond donors (Lipinski definition) is 0. The highest BCUT2D eigenvalue weighted by Crippen LogP contribution is 2.53. The molecular formula is C28H72O33S4Si16. The molecule has 12 aliphatic rings. The monoisotopic (exact) mass is 1510 g/mol. The van der Waals surface area contributed by atoms with Crippen LogP contribution in [0.3, 0.4) is 0 Å². The molecule has 0 spiro atoms. The first-order valence-corrected chi connectivity index (χ1v) is 67.2. The van der Waals surface area contributed by atoms with Gasteiger partial charge in [-0.05, 0) is 0 Å². The molecular weight excluding hydrogens is 1440 g/mol. The highest BCUT2D eigenvalue weighted by atomic mass is 32.2. The topological polar surface area (TPSA) is 367 Å². The first kappa shape index (κ1) is 67.7. The van der Waals surface area contributed by atoms with Crippen molar-refractivity contribution < 1.29 is 137 Å². The van der Waals surface area contributed by atoms with E-state index in [2.05, 4.69) is 4.18 Å². The largest absolute Gasteiger partial charge is 0.479 e. The van der Waals surface area contributed by atoms with Gasteiger partial charge >= 0.3 is 141 Å². The molecule has 8 unspecified atom stereocenters. The fraction of sp³-hybridized carbons (Fsp3) is 1.00. The van der Waals surface area contributed by atoms with E-state index in [4.69, 9.17) is 98.8 Å². The molecule has 0 aromatic heterocycles. The molecule has 0 amide bonds. The molecule has 470 valence electrons. The van der Waals surface area contributed by atoms with Crippen molar-refractivity contribution >= 4 is 181 Å². The van der Waals surface area contributed by atoms with Crippen LogP contribution in [0.4, 0.5) is 0 Å². The smallest absolute Gasteiger partial charge is 0.374 e. The molecule has 53 heteroatoms. The van der Waals surface area contributed by atoms with E-state index in [1.165, 1.54) is 0 Å². The number of rotatable bonds is 17. The summed E-state index contributed by atoms with van der Waals surface area (Å²) in [6, 6.07) is -0.398. The summed E-state index contributed by atoms with van der Waals surface area (Å²) in [5, 5.41) is 0. The summed E-state index contributed by atoms with van der Waals surface area (Å²) in [5.41, 5.74) is 0. The van der Waals surface area contributed by atoms with Gasteiger partial charge in [-0.2, -0.15) is 8.42 Å². The van der Waals surface area contributed by atoms with Crippen LogP contribution in [0.25, 0.3) is 0 Å². The molecule has 16 bridgehead atoms. The maximum absolute atomic E-state index is 12.5. The van der Waals surface area contributed by atoms with Crippen molar-refractivity contribution in [3.8, 4) is 0 Å². The summed E-state index contributed by atoms with van der Waals surface area (Å²) in [6.45, 7) is 20.0. The summed E-state index contributed by atoms with van der Waals surface area (Å²) >= 11 is 0. The van der Waals surface area contributed by atoms with Gasteiger partial charge in [-0.3, -0.25) is 4.18 Å². The quantitative estimate of drug-likeness (QED) is 0.143. The van der Waals surface area contributed by atoms with Crippen molar-refractivity contribution in [1.82, 2.24) is 0 Å². The van der Waals surface area contributed by atoms with E-state index in [0.717, 1.165) is 25.9 Å². The molecule has 0 aromatic rings. The zero-order valence-corrected chi connectivity index (χ0v) is 66.9. The number of hydrogen-bond acceptors (Lipinski definition) is 33. The van der Waals surface area contributed by atoms with Crippen LogP contribution >= 0.6 is 0 Å². The fourth-order valence-corrected chi connectivity index (χ4v) is 112. The minimum atomic E-state index is -4.33. The van der Waals surface area contributed by atoms with Gasteiger partial charge in [0.25, 0.3) is 10.1 Å². The van der Waals surface area contributed by atoms with E-state index >= 15 is 0 Å². The van der Waals surface area contributed by atoms with Gasteiger partial charge in [-0.15, -0.1) is 0 Å². The highest BCUT2D eigenvalue weighted by molar-refractivity contribution is 7.91. The number of sulfone groups is 3. The minimum absolute atomic E-state index is 0.231. The van der Waals surface area contributed by atoms with Crippen molar-refractivity contribution in [2.75, 3.05) is 48.9 Å². The molecule has 8 atom stereocenters. The Morgan fingerprint density at radius 3 is 0.580 bits per heavy atom. The Kier molecular flexibility index (Phi) is 17.9. The first-order chi connectivity index (χ1) is 36.5. The first-order valence-electron chi connectivity index (χ1n) is 25.6. The molecule has 12 saturated heterocycles. The predicted octanol–water partition coefficient (Wildman–Crippen LogP) is 0.758. The van der Waals surface area contributed by atoms with Crippen molar-refractivity contribution in [2.45, 2.75) is 128 Å². The van der Waals surface area contributed by atoms with Gasteiger partial charge in [0.2, 0.25) is 0 Å². The zero-order chi connectivity index (χ0) is 60.2. The van der Waals surface area contributed by atoms with Crippen molar-refractivity contribution in [2.24, 2.45) is 0 Å². The maximum Gasteiger partial charge on any atom is 0.479 e. The van der Waals surface area contributed by atoms with Crippen LogP contribution in [0, 0.1) is 0 Å². The summed E-state index contributed by atoms with van der Waals surface area (Å²) in [6.07, 6.45) is 4.42. The fourth-order valence-electron chi connectivity index (χ4n) is 10.9.